The molecule has 0 fully saturated rings. The van der Waals surface area contributed by atoms with Gasteiger partial charge in [0, 0.05) is 6.42 Å². The molecular formula is C10H16N2O3S. The summed E-state index contributed by atoms with van der Waals surface area (Å²) in [4.78, 5) is 22.2. The first-order chi connectivity index (χ1) is 7.52. The van der Waals surface area contributed by atoms with Gasteiger partial charge in [-0.3, -0.25) is 4.79 Å². The molecule has 1 amide bonds. The molecule has 90 valence electrons. The monoisotopic (exact) mass is 244 g/mol. The lowest BCUT2D eigenvalue weighted by atomic mass is 10.1. The lowest BCUT2D eigenvalue weighted by Gasteiger charge is -2.16. The molecule has 0 heterocycles. The summed E-state index contributed by atoms with van der Waals surface area (Å²) in [5.41, 5.74) is 5.45. The summed E-state index contributed by atoms with van der Waals surface area (Å²) < 4.78 is 0. The van der Waals surface area contributed by atoms with Crippen LogP contribution in [0.3, 0.4) is 0 Å². The first-order valence-electron chi connectivity index (χ1n) is 4.74. The van der Waals surface area contributed by atoms with Crippen molar-refractivity contribution in [3.8, 4) is 12.3 Å². The van der Waals surface area contributed by atoms with Crippen LogP contribution in [0.15, 0.2) is 0 Å². The maximum atomic E-state index is 11.4. The predicted octanol–water partition coefficient (Wildman–Crippen LogP) is -0.340. The molecule has 5 nitrogen and oxygen atoms in total. The Kier molecular flexibility index (Phi) is 7.42. The molecule has 0 rings (SSSR count). The molecule has 2 atom stereocenters. The molecule has 1 unspecified atom stereocenters. The van der Waals surface area contributed by atoms with Gasteiger partial charge in [0.1, 0.15) is 6.04 Å². The average Bonchev–Trinajstić information content (AvgIpc) is 2.23. The lowest BCUT2D eigenvalue weighted by molar-refractivity contribution is -0.142. The summed E-state index contributed by atoms with van der Waals surface area (Å²) in [6.45, 7) is 0. The number of hydrogen-bond donors (Lipinski definition) is 3. The van der Waals surface area contributed by atoms with Gasteiger partial charge in [0.05, 0.1) is 6.04 Å². The van der Waals surface area contributed by atoms with Crippen LogP contribution in [-0.4, -0.2) is 41.1 Å². The highest BCUT2D eigenvalue weighted by Crippen LogP contribution is 2.01. The molecule has 16 heavy (non-hydrogen) atoms. The van der Waals surface area contributed by atoms with Gasteiger partial charge in [-0.1, -0.05) is 0 Å². The molecule has 0 spiro atoms. The quantitative estimate of drug-likeness (QED) is 0.533. The van der Waals surface area contributed by atoms with Crippen molar-refractivity contribution in [3.05, 3.63) is 0 Å². The molecule has 0 bridgehead atoms. The van der Waals surface area contributed by atoms with Gasteiger partial charge in [0.2, 0.25) is 5.91 Å². The second-order valence-electron chi connectivity index (χ2n) is 3.20. The van der Waals surface area contributed by atoms with Crippen LogP contribution < -0.4 is 11.1 Å². The van der Waals surface area contributed by atoms with Gasteiger partial charge in [-0.25, -0.2) is 4.79 Å². The average molecular weight is 244 g/mol. The molecule has 0 aliphatic heterocycles. The summed E-state index contributed by atoms with van der Waals surface area (Å²) in [5.74, 6) is 1.33. The molecule has 0 aromatic rings. The maximum absolute atomic E-state index is 11.4. The number of carboxylic acids is 1. The van der Waals surface area contributed by atoms with E-state index in [9.17, 15) is 9.59 Å². The van der Waals surface area contributed by atoms with Crippen LogP contribution in [0.5, 0.6) is 0 Å². The molecule has 4 N–H and O–H groups in total. The zero-order valence-corrected chi connectivity index (χ0v) is 9.92. The second kappa shape index (κ2) is 8.02. The fourth-order valence-electron chi connectivity index (χ4n) is 0.992. The molecule has 0 aliphatic carbocycles. The minimum atomic E-state index is -1.06. The Morgan fingerprint density at radius 1 is 1.62 bits per heavy atom. The van der Waals surface area contributed by atoms with Crippen molar-refractivity contribution in [2.75, 3.05) is 12.0 Å². The van der Waals surface area contributed by atoms with E-state index in [1.807, 2.05) is 6.26 Å². The van der Waals surface area contributed by atoms with Crippen LogP contribution in [0.4, 0.5) is 0 Å². The van der Waals surface area contributed by atoms with Crippen molar-refractivity contribution in [1.82, 2.24) is 5.32 Å². The summed E-state index contributed by atoms with van der Waals surface area (Å²) in [6, 6.07) is -1.75. The highest BCUT2D eigenvalue weighted by molar-refractivity contribution is 7.98. The molecule has 0 saturated heterocycles. The number of thioether (sulfide) groups is 1. The third-order valence-corrected chi connectivity index (χ3v) is 2.54. The smallest absolute Gasteiger partial charge is 0.326 e. The van der Waals surface area contributed by atoms with Crippen LogP contribution >= 0.6 is 11.8 Å². The van der Waals surface area contributed by atoms with Crippen LogP contribution in [0, 0.1) is 12.3 Å². The van der Waals surface area contributed by atoms with E-state index in [1.165, 1.54) is 11.8 Å². The van der Waals surface area contributed by atoms with Gasteiger partial charge in [-0.15, -0.1) is 12.3 Å². The van der Waals surface area contributed by atoms with E-state index in [2.05, 4.69) is 11.2 Å². The molecular weight excluding hydrogens is 228 g/mol. The Hall–Kier alpha value is -1.19. The first kappa shape index (κ1) is 14.8. The Balaban J connectivity index is 4.23. The van der Waals surface area contributed by atoms with Gasteiger partial charge >= 0.3 is 5.97 Å². The minimum Gasteiger partial charge on any atom is -0.480 e. The van der Waals surface area contributed by atoms with Crippen molar-refractivity contribution >= 4 is 23.6 Å². The number of aliphatic carboxylic acids is 1. The molecule has 0 saturated carbocycles. The number of nitrogens with one attached hydrogen (secondary N) is 1. The van der Waals surface area contributed by atoms with Crippen molar-refractivity contribution in [3.63, 3.8) is 0 Å². The van der Waals surface area contributed by atoms with Gasteiger partial charge in [0.15, 0.2) is 0 Å². The Morgan fingerprint density at radius 2 is 2.25 bits per heavy atom. The fraction of sp³-hybridized carbons (Fsp3) is 0.600. The van der Waals surface area contributed by atoms with E-state index in [-0.39, 0.29) is 6.42 Å². The zero-order chi connectivity index (χ0) is 12.6. The minimum absolute atomic E-state index is 0.0979. The Bertz CT molecular complexity index is 288. The zero-order valence-electron chi connectivity index (χ0n) is 9.10. The standard InChI is InChI=1S/C10H16N2O3S/c1-3-4-7(11)9(13)12-8(10(14)15)5-6-16-2/h1,7-8H,4-6,11H2,2H3,(H,12,13)(H,14,15)/t7?,8-/m1/s1. The van der Waals surface area contributed by atoms with Crippen LogP contribution in [0.2, 0.25) is 0 Å². The number of carboxylic acid groups (broad SMARTS) is 1. The predicted molar refractivity (Wildman–Crippen MR) is 64.0 cm³/mol. The Labute approximate surface area is 99.2 Å². The third-order valence-electron chi connectivity index (χ3n) is 1.90. The maximum Gasteiger partial charge on any atom is 0.326 e. The SMILES string of the molecule is C#CCC(N)C(=O)N[C@H](CCSC)C(=O)O. The van der Waals surface area contributed by atoms with E-state index in [4.69, 9.17) is 17.3 Å². The van der Waals surface area contributed by atoms with E-state index >= 15 is 0 Å². The normalized spacial score (nSPS) is 13.6. The molecule has 0 radical (unpaired) electrons. The van der Waals surface area contributed by atoms with Crippen LogP contribution in [-0.2, 0) is 9.59 Å². The van der Waals surface area contributed by atoms with E-state index in [0.29, 0.717) is 12.2 Å². The van der Waals surface area contributed by atoms with Crippen molar-refractivity contribution < 1.29 is 14.7 Å². The first-order valence-corrected chi connectivity index (χ1v) is 6.13. The number of hydrogen-bond acceptors (Lipinski definition) is 4. The number of terminal acetylenes is 1. The van der Waals surface area contributed by atoms with Crippen LogP contribution in [0.25, 0.3) is 0 Å². The molecule has 0 aliphatic rings. The van der Waals surface area contributed by atoms with Crippen molar-refractivity contribution in [2.45, 2.75) is 24.9 Å². The largest absolute Gasteiger partial charge is 0.480 e. The Morgan fingerprint density at radius 3 is 2.69 bits per heavy atom. The summed E-state index contributed by atoms with van der Waals surface area (Å²) in [7, 11) is 0. The topological polar surface area (TPSA) is 92.4 Å². The van der Waals surface area contributed by atoms with Gasteiger partial charge < -0.3 is 16.2 Å². The highest BCUT2D eigenvalue weighted by atomic mass is 32.2. The number of carbonyl (C=O) groups excluding carboxylic acids is 1. The second-order valence-corrected chi connectivity index (χ2v) is 4.18. The molecule has 0 aromatic carbocycles. The fourth-order valence-corrected chi connectivity index (χ4v) is 1.46. The van der Waals surface area contributed by atoms with E-state index in [0.717, 1.165) is 0 Å². The third kappa shape index (κ3) is 5.63. The summed E-state index contributed by atoms with van der Waals surface area (Å²) in [5, 5.41) is 11.2. The highest BCUT2D eigenvalue weighted by Gasteiger charge is 2.22. The number of nitrogens with two attached hydrogens (primary N) is 1. The van der Waals surface area contributed by atoms with Gasteiger partial charge in [-0.2, -0.15) is 11.8 Å². The number of carbonyl (C=O) groups is 2. The van der Waals surface area contributed by atoms with Gasteiger partial charge in [0.25, 0.3) is 0 Å². The molecule has 6 heteroatoms. The summed E-state index contributed by atoms with van der Waals surface area (Å²) >= 11 is 1.51. The molecule has 0 aromatic heterocycles. The van der Waals surface area contributed by atoms with E-state index < -0.39 is 24.0 Å². The summed E-state index contributed by atoms with van der Waals surface area (Å²) in [6.07, 6.45) is 7.34. The number of rotatable bonds is 7. The lowest BCUT2D eigenvalue weighted by Crippen LogP contribution is -2.48. The van der Waals surface area contributed by atoms with Crippen LogP contribution in [0.1, 0.15) is 12.8 Å². The van der Waals surface area contributed by atoms with E-state index in [1.54, 1.807) is 0 Å². The number of amides is 1. The van der Waals surface area contributed by atoms with Crippen molar-refractivity contribution in [2.24, 2.45) is 5.73 Å². The van der Waals surface area contributed by atoms with Crippen molar-refractivity contribution in [1.29, 1.82) is 0 Å². The van der Waals surface area contributed by atoms with Gasteiger partial charge in [-0.05, 0) is 18.4 Å².